The Labute approximate surface area is 103 Å². The van der Waals surface area contributed by atoms with Gasteiger partial charge in [-0.2, -0.15) is 0 Å². The molecular weight excluding hydrogens is 275 g/mol. The zero-order valence-electron chi connectivity index (χ0n) is 8.88. The molecule has 0 saturated carbocycles. The Morgan fingerprint density at radius 3 is 2.88 bits per heavy atom. The monoisotopic (exact) mass is 288 g/mol. The Kier molecular flexibility index (Phi) is 4.29. The van der Waals surface area contributed by atoms with E-state index < -0.39 is 0 Å². The number of benzene rings is 1. The molecule has 2 rings (SSSR count). The minimum Gasteiger partial charge on any atom is -0.379 e. The van der Waals surface area contributed by atoms with Gasteiger partial charge in [-0.15, -0.1) is 0 Å². The van der Waals surface area contributed by atoms with Crippen molar-refractivity contribution < 1.29 is 9.13 Å². The first-order valence-corrected chi connectivity index (χ1v) is 6.05. The second-order valence-corrected chi connectivity index (χ2v) is 4.52. The van der Waals surface area contributed by atoms with Gasteiger partial charge in [-0.05, 0) is 23.8 Å². The first kappa shape index (κ1) is 12.0. The summed E-state index contributed by atoms with van der Waals surface area (Å²) < 4.78 is 19.2. The molecular formula is C11H14BrFN2O. The average Bonchev–Trinajstić information content (AvgIpc) is 2.32. The zero-order valence-corrected chi connectivity index (χ0v) is 10.5. The Bertz CT molecular complexity index is 356. The summed E-state index contributed by atoms with van der Waals surface area (Å²) in [5.74, 6) is -0.207. The van der Waals surface area contributed by atoms with E-state index in [9.17, 15) is 4.39 Å². The molecule has 0 aliphatic carbocycles. The van der Waals surface area contributed by atoms with E-state index in [1.54, 1.807) is 6.07 Å². The number of ether oxygens (including phenoxy) is 1. The average molecular weight is 289 g/mol. The lowest BCUT2D eigenvalue weighted by atomic mass is 10.2. The van der Waals surface area contributed by atoms with Crippen LogP contribution in [-0.4, -0.2) is 31.3 Å². The van der Waals surface area contributed by atoms with Crippen molar-refractivity contribution in [3.8, 4) is 0 Å². The molecule has 3 nitrogen and oxygen atoms in total. The molecule has 16 heavy (non-hydrogen) atoms. The summed E-state index contributed by atoms with van der Waals surface area (Å²) in [7, 11) is 0. The van der Waals surface area contributed by atoms with Crippen LogP contribution in [0.25, 0.3) is 0 Å². The van der Waals surface area contributed by atoms with E-state index in [4.69, 9.17) is 4.74 Å². The van der Waals surface area contributed by atoms with E-state index in [0.29, 0.717) is 6.54 Å². The van der Waals surface area contributed by atoms with Crippen molar-refractivity contribution in [3.63, 3.8) is 0 Å². The fourth-order valence-corrected chi connectivity index (χ4v) is 1.98. The highest BCUT2D eigenvalue weighted by atomic mass is 79.9. The van der Waals surface area contributed by atoms with Crippen molar-refractivity contribution in [2.75, 3.05) is 26.3 Å². The van der Waals surface area contributed by atoms with Crippen LogP contribution in [0.3, 0.4) is 0 Å². The normalized spacial score (nSPS) is 17.6. The van der Waals surface area contributed by atoms with Gasteiger partial charge < -0.3 is 4.74 Å². The summed E-state index contributed by atoms with van der Waals surface area (Å²) in [5, 5.41) is 2.10. The van der Waals surface area contributed by atoms with Crippen LogP contribution in [0.4, 0.5) is 4.39 Å². The minimum atomic E-state index is -0.207. The van der Waals surface area contributed by atoms with Gasteiger partial charge in [0, 0.05) is 24.1 Å². The topological polar surface area (TPSA) is 24.5 Å². The van der Waals surface area contributed by atoms with E-state index in [-0.39, 0.29) is 5.82 Å². The largest absolute Gasteiger partial charge is 0.379 e. The Morgan fingerprint density at radius 1 is 1.38 bits per heavy atom. The van der Waals surface area contributed by atoms with Gasteiger partial charge in [0.1, 0.15) is 5.82 Å². The maximum atomic E-state index is 13.0. The standard InChI is InChI=1S/C11H14BrFN2O/c12-11-2-1-10(13)7-9(11)8-14-15-3-5-16-6-4-15/h1-2,7,14H,3-6,8H2. The molecule has 0 spiro atoms. The molecule has 0 aromatic heterocycles. The van der Waals surface area contributed by atoms with E-state index >= 15 is 0 Å². The smallest absolute Gasteiger partial charge is 0.123 e. The van der Waals surface area contributed by atoms with Crippen molar-refractivity contribution in [1.82, 2.24) is 10.4 Å². The quantitative estimate of drug-likeness (QED) is 0.920. The summed E-state index contributed by atoms with van der Waals surface area (Å²) in [6.07, 6.45) is 0. The highest BCUT2D eigenvalue weighted by Crippen LogP contribution is 2.17. The molecule has 1 aromatic carbocycles. The maximum Gasteiger partial charge on any atom is 0.123 e. The molecule has 88 valence electrons. The Hall–Kier alpha value is -0.490. The first-order valence-electron chi connectivity index (χ1n) is 5.26. The third-order valence-electron chi connectivity index (χ3n) is 2.51. The minimum absolute atomic E-state index is 0.207. The van der Waals surface area contributed by atoms with Crippen LogP contribution in [0.5, 0.6) is 0 Å². The van der Waals surface area contributed by atoms with E-state index in [1.165, 1.54) is 12.1 Å². The second kappa shape index (κ2) is 5.72. The Morgan fingerprint density at radius 2 is 2.12 bits per heavy atom. The molecule has 0 unspecified atom stereocenters. The Balaban J connectivity index is 1.90. The van der Waals surface area contributed by atoms with Crippen LogP contribution in [0.1, 0.15) is 5.56 Å². The van der Waals surface area contributed by atoms with Crippen LogP contribution < -0.4 is 5.43 Å². The van der Waals surface area contributed by atoms with Gasteiger partial charge in [0.2, 0.25) is 0 Å². The fraction of sp³-hybridized carbons (Fsp3) is 0.455. The lowest BCUT2D eigenvalue weighted by Gasteiger charge is -2.27. The van der Waals surface area contributed by atoms with Gasteiger partial charge in [0.25, 0.3) is 0 Å². The molecule has 1 fully saturated rings. The fourth-order valence-electron chi connectivity index (χ4n) is 1.60. The SMILES string of the molecule is Fc1ccc(Br)c(CNN2CCOCC2)c1. The summed E-state index contributed by atoms with van der Waals surface area (Å²) >= 11 is 3.41. The van der Waals surface area contributed by atoms with Gasteiger partial charge in [0.05, 0.1) is 13.2 Å². The molecule has 5 heteroatoms. The number of halogens is 2. The molecule has 1 heterocycles. The molecule has 0 radical (unpaired) electrons. The van der Waals surface area contributed by atoms with Gasteiger partial charge in [0.15, 0.2) is 0 Å². The molecule has 0 amide bonds. The van der Waals surface area contributed by atoms with E-state index in [1.807, 2.05) is 0 Å². The molecule has 1 saturated heterocycles. The van der Waals surface area contributed by atoms with Crippen molar-refractivity contribution in [2.24, 2.45) is 0 Å². The summed E-state index contributed by atoms with van der Waals surface area (Å²) in [5.41, 5.74) is 4.19. The number of morpholine rings is 1. The van der Waals surface area contributed by atoms with Crippen molar-refractivity contribution in [3.05, 3.63) is 34.1 Å². The van der Waals surface area contributed by atoms with Crippen LogP contribution in [0, 0.1) is 5.82 Å². The van der Waals surface area contributed by atoms with Gasteiger partial charge in [-0.1, -0.05) is 15.9 Å². The third-order valence-corrected chi connectivity index (χ3v) is 3.29. The molecule has 0 atom stereocenters. The predicted octanol–water partition coefficient (Wildman–Crippen LogP) is 1.93. The lowest BCUT2D eigenvalue weighted by Crippen LogP contribution is -2.45. The van der Waals surface area contributed by atoms with Gasteiger partial charge in [-0.3, -0.25) is 5.43 Å². The van der Waals surface area contributed by atoms with Crippen molar-refractivity contribution in [1.29, 1.82) is 0 Å². The van der Waals surface area contributed by atoms with Crippen LogP contribution in [-0.2, 0) is 11.3 Å². The second-order valence-electron chi connectivity index (χ2n) is 3.67. The number of nitrogens with one attached hydrogen (secondary N) is 1. The molecule has 1 aromatic rings. The van der Waals surface area contributed by atoms with Crippen LogP contribution >= 0.6 is 15.9 Å². The number of hydrazine groups is 1. The van der Waals surface area contributed by atoms with E-state index in [0.717, 1.165) is 36.3 Å². The maximum absolute atomic E-state index is 13.0. The molecule has 1 aliphatic heterocycles. The third kappa shape index (κ3) is 3.25. The molecule has 0 bridgehead atoms. The van der Waals surface area contributed by atoms with Crippen LogP contribution in [0.2, 0.25) is 0 Å². The van der Waals surface area contributed by atoms with Gasteiger partial charge >= 0.3 is 0 Å². The highest BCUT2D eigenvalue weighted by molar-refractivity contribution is 9.10. The van der Waals surface area contributed by atoms with Crippen molar-refractivity contribution in [2.45, 2.75) is 6.54 Å². The number of hydrogen-bond acceptors (Lipinski definition) is 3. The van der Waals surface area contributed by atoms with Crippen molar-refractivity contribution >= 4 is 15.9 Å². The van der Waals surface area contributed by atoms with Gasteiger partial charge in [-0.25, -0.2) is 9.40 Å². The molecule has 1 aliphatic rings. The van der Waals surface area contributed by atoms with Crippen LogP contribution in [0.15, 0.2) is 22.7 Å². The summed E-state index contributed by atoms with van der Waals surface area (Å²) in [6.45, 7) is 3.85. The number of nitrogens with zero attached hydrogens (tertiary/aromatic N) is 1. The highest BCUT2D eigenvalue weighted by Gasteiger charge is 2.10. The number of rotatable bonds is 3. The predicted molar refractivity (Wildman–Crippen MR) is 63.3 cm³/mol. The molecule has 1 N–H and O–H groups in total. The summed E-state index contributed by atoms with van der Waals surface area (Å²) in [4.78, 5) is 0. The first-order chi connectivity index (χ1) is 7.75. The zero-order chi connectivity index (χ0) is 11.4. The van der Waals surface area contributed by atoms with E-state index in [2.05, 4.69) is 26.4 Å². The summed E-state index contributed by atoms with van der Waals surface area (Å²) in [6, 6.07) is 4.71. The lowest BCUT2D eigenvalue weighted by molar-refractivity contribution is 0.0105. The number of hydrogen-bond donors (Lipinski definition) is 1.